The van der Waals surface area contributed by atoms with E-state index < -0.39 is 0 Å². The topological polar surface area (TPSA) is 41.9 Å². The molecular formula is C19H19ClN4S. The van der Waals surface area contributed by atoms with Gasteiger partial charge in [0.1, 0.15) is 0 Å². The molecule has 0 radical (unpaired) electrons. The molecule has 6 heteroatoms. The number of aromatic nitrogens is 2. The van der Waals surface area contributed by atoms with Crippen LogP contribution in [0.2, 0.25) is 5.02 Å². The fourth-order valence-corrected chi connectivity index (χ4v) is 2.88. The van der Waals surface area contributed by atoms with Crippen molar-refractivity contribution < 1.29 is 0 Å². The molecular weight excluding hydrogens is 352 g/mol. The number of anilines is 2. The summed E-state index contributed by atoms with van der Waals surface area (Å²) >= 11 is 11.4. The van der Waals surface area contributed by atoms with Crippen molar-refractivity contribution in [3.05, 3.63) is 76.9 Å². The molecule has 1 aromatic heterocycles. The highest BCUT2D eigenvalue weighted by atomic mass is 35.5. The lowest BCUT2D eigenvalue weighted by molar-refractivity contribution is 0.690. The number of hydrogen-bond donors (Lipinski definition) is 2. The van der Waals surface area contributed by atoms with Crippen LogP contribution in [0.4, 0.5) is 11.5 Å². The predicted octanol–water partition coefficient (Wildman–Crippen LogP) is 4.96. The SMILES string of the molecule is CCc1ccc(NC(=S)Nc2ccn(Cc3cccc(Cl)c3)n2)cc1. The second kappa shape index (κ2) is 8.14. The van der Waals surface area contributed by atoms with Crippen LogP contribution < -0.4 is 10.6 Å². The summed E-state index contributed by atoms with van der Waals surface area (Å²) in [5.41, 5.74) is 3.34. The van der Waals surface area contributed by atoms with Gasteiger partial charge in [-0.1, -0.05) is 42.8 Å². The minimum atomic E-state index is 0.511. The number of thiocarbonyl (C=S) groups is 1. The number of nitrogens with one attached hydrogen (secondary N) is 2. The van der Waals surface area contributed by atoms with Gasteiger partial charge in [-0.15, -0.1) is 0 Å². The van der Waals surface area contributed by atoms with Crippen molar-refractivity contribution in [1.29, 1.82) is 0 Å². The highest BCUT2D eigenvalue weighted by Crippen LogP contribution is 2.13. The van der Waals surface area contributed by atoms with Crippen molar-refractivity contribution in [2.24, 2.45) is 0 Å². The number of halogens is 1. The van der Waals surface area contributed by atoms with E-state index in [1.54, 1.807) is 0 Å². The minimum Gasteiger partial charge on any atom is -0.332 e. The first-order valence-corrected chi connectivity index (χ1v) is 8.86. The summed E-state index contributed by atoms with van der Waals surface area (Å²) in [7, 11) is 0. The van der Waals surface area contributed by atoms with E-state index in [0.717, 1.165) is 22.7 Å². The van der Waals surface area contributed by atoms with Gasteiger partial charge in [0.2, 0.25) is 0 Å². The van der Waals surface area contributed by atoms with E-state index in [1.807, 2.05) is 53.3 Å². The summed E-state index contributed by atoms with van der Waals surface area (Å²) in [5.74, 6) is 0.699. The van der Waals surface area contributed by atoms with E-state index in [4.69, 9.17) is 23.8 Å². The molecule has 0 amide bonds. The molecule has 4 nitrogen and oxygen atoms in total. The molecule has 0 bridgehead atoms. The van der Waals surface area contributed by atoms with E-state index in [2.05, 4.69) is 34.8 Å². The summed E-state index contributed by atoms with van der Waals surface area (Å²) in [6.45, 7) is 2.79. The Kier molecular flexibility index (Phi) is 5.68. The van der Waals surface area contributed by atoms with Crippen LogP contribution in [0.1, 0.15) is 18.1 Å². The molecule has 0 saturated carbocycles. The molecule has 2 N–H and O–H groups in total. The molecule has 0 aliphatic heterocycles. The van der Waals surface area contributed by atoms with Crippen molar-refractivity contribution >= 4 is 40.4 Å². The Balaban J connectivity index is 1.57. The van der Waals surface area contributed by atoms with Gasteiger partial charge in [-0.2, -0.15) is 5.10 Å². The van der Waals surface area contributed by atoms with Gasteiger partial charge in [-0.05, 0) is 54.0 Å². The molecule has 0 aliphatic carbocycles. The van der Waals surface area contributed by atoms with Crippen LogP contribution in [0.3, 0.4) is 0 Å². The summed E-state index contributed by atoms with van der Waals surface area (Å²) < 4.78 is 1.84. The van der Waals surface area contributed by atoms with Gasteiger partial charge >= 0.3 is 0 Å². The molecule has 0 fully saturated rings. The second-order valence-corrected chi connectivity index (χ2v) is 6.50. The monoisotopic (exact) mass is 370 g/mol. The zero-order chi connectivity index (χ0) is 17.6. The molecule has 0 saturated heterocycles. The predicted molar refractivity (Wildman–Crippen MR) is 108 cm³/mol. The number of rotatable bonds is 5. The first-order valence-electron chi connectivity index (χ1n) is 8.07. The maximum atomic E-state index is 6.01. The van der Waals surface area contributed by atoms with E-state index >= 15 is 0 Å². The fraction of sp³-hybridized carbons (Fsp3) is 0.158. The lowest BCUT2D eigenvalue weighted by atomic mass is 10.1. The first kappa shape index (κ1) is 17.5. The third-order valence-electron chi connectivity index (χ3n) is 3.74. The molecule has 25 heavy (non-hydrogen) atoms. The van der Waals surface area contributed by atoms with Gasteiger partial charge < -0.3 is 10.6 Å². The van der Waals surface area contributed by atoms with Gasteiger partial charge in [-0.3, -0.25) is 4.68 Å². The second-order valence-electron chi connectivity index (χ2n) is 5.66. The van der Waals surface area contributed by atoms with Crippen LogP contribution in [-0.4, -0.2) is 14.9 Å². The van der Waals surface area contributed by atoms with Crippen LogP contribution >= 0.6 is 23.8 Å². The summed E-state index contributed by atoms with van der Waals surface area (Å²) in [6.07, 6.45) is 2.93. The molecule has 0 spiro atoms. The van der Waals surface area contributed by atoms with E-state index in [0.29, 0.717) is 17.5 Å². The van der Waals surface area contributed by atoms with E-state index in [-0.39, 0.29) is 0 Å². The summed E-state index contributed by atoms with van der Waals surface area (Å²) in [5, 5.41) is 12.0. The normalized spacial score (nSPS) is 10.5. The minimum absolute atomic E-state index is 0.511. The number of hydrogen-bond acceptors (Lipinski definition) is 2. The number of nitrogens with zero attached hydrogens (tertiary/aromatic N) is 2. The van der Waals surface area contributed by atoms with Crippen molar-refractivity contribution in [3.8, 4) is 0 Å². The third-order valence-corrected chi connectivity index (χ3v) is 4.18. The van der Waals surface area contributed by atoms with Gasteiger partial charge in [0.25, 0.3) is 0 Å². The molecule has 3 aromatic rings. The van der Waals surface area contributed by atoms with Crippen LogP contribution in [-0.2, 0) is 13.0 Å². The van der Waals surface area contributed by atoms with E-state index in [9.17, 15) is 0 Å². The molecule has 0 unspecified atom stereocenters. The van der Waals surface area contributed by atoms with Crippen molar-refractivity contribution in [2.45, 2.75) is 19.9 Å². The fourth-order valence-electron chi connectivity index (χ4n) is 2.44. The van der Waals surface area contributed by atoms with Crippen LogP contribution in [0.25, 0.3) is 0 Å². The van der Waals surface area contributed by atoms with Crippen molar-refractivity contribution in [3.63, 3.8) is 0 Å². The van der Waals surface area contributed by atoms with Crippen molar-refractivity contribution in [1.82, 2.24) is 9.78 Å². The Morgan fingerprint density at radius 1 is 1.08 bits per heavy atom. The van der Waals surface area contributed by atoms with E-state index in [1.165, 1.54) is 5.56 Å². The molecule has 128 valence electrons. The Labute approximate surface area is 157 Å². The lowest BCUT2D eigenvalue weighted by Gasteiger charge is -2.09. The van der Waals surface area contributed by atoms with Gasteiger partial charge in [0, 0.05) is 23.0 Å². The highest BCUT2D eigenvalue weighted by molar-refractivity contribution is 7.80. The van der Waals surface area contributed by atoms with Gasteiger partial charge in [0.15, 0.2) is 10.9 Å². The van der Waals surface area contributed by atoms with Crippen LogP contribution in [0, 0.1) is 0 Å². The number of benzene rings is 2. The zero-order valence-corrected chi connectivity index (χ0v) is 15.4. The quantitative estimate of drug-likeness (QED) is 0.623. The first-order chi connectivity index (χ1) is 12.1. The Morgan fingerprint density at radius 2 is 1.88 bits per heavy atom. The molecule has 0 aliphatic rings. The standard InChI is InChI=1S/C19H19ClN4S/c1-2-14-6-8-17(9-7-14)21-19(25)22-18-10-11-24(23-18)13-15-4-3-5-16(20)12-15/h3-12H,2,13H2,1H3,(H2,21,22,23,25). The largest absolute Gasteiger partial charge is 0.332 e. The molecule has 0 atom stereocenters. The van der Waals surface area contributed by atoms with Gasteiger partial charge in [0.05, 0.1) is 6.54 Å². The molecule has 2 aromatic carbocycles. The maximum absolute atomic E-state index is 6.01. The maximum Gasteiger partial charge on any atom is 0.176 e. The molecule has 3 rings (SSSR count). The summed E-state index contributed by atoms with van der Waals surface area (Å²) in [4.78, 5) is 0. The van der Waals surface area contributed by atoms with Gasteiger partial charge in [-0.25, -0.2) is 0 Å². The third kappa shape index (κ3) is 5.05. The zero-order valence-electron chi connectivity index (χ0n) is 13.9. The Morgan fingerprint density at radius 3 is 2.60 bits per heavy atom. The van der Waals surface area contributed by atoms with Crippen LogP contribution in [0.5, 0.6) is 0 Å². The Bertz CT molecular complexity index is 858. The average Bonchev–Trinajstić information content (AvgIpc) is 3.02. The number of aryl methyl sites for hydroxylation is 1. The van der Waals surface area contributed by atoms with Crippen LogP contribution in [0.15, 0.2) is 60.8 Å². The molecule has 1 heterocycles. The average molecular weight is 371 g/mol. The highest BCUT2D eigenvalue weighted by Gasteiger charge is 2.04. The Hall–Kier alpha value is -2.37. The summed E-state index contributed by atoms with van der Waals surface area (Å²) in [6, 6.07) is 17.8. The lowest BCUT2D eigenvalue weighted by Crippen LogP contribution is -2.19. The smallest absolute Gasteiger partial charge is 0.176 e. The van der Waals surface area contributed by atoms with Crippen molar-refractivity contribution in [2.75, 3.05) is 10.6 Å².